The highest BCUT2D eigenvalue weighted by molar-refractivity contribution is 4.83. The molecule has 0 radical (unpaired) electrons. The van der Waals surface area contributed by atoms with Crippen LogP contribution in [0.25, 0.3) is 0 Å². The molecule has 3 atom stereocenters. The lowest BCUT2D eigenvalue weighted by atomic mass is 9.95. The van der Waals surface area contributed by atoms with Crippen LogP contribution in [0.4, 0.5) is 0 Å². The molecule has 0 aromatic heterocycles. The average Bonchev–Trinajstić information content (AvgIpc) is 2.65. The van der Waals surface area contributed by atoms with E-state index in [9.17, 15) is 0 Å². The highest BCUT2D eigenvalue weighted by Gasteiger charge is 2.29. The lowest BCUT2D eigenvalue weighted by Crippen LogP contribution is -2.39. The Bertz CT molecular complexity index is 179. The first-order valence-electron chi connectivity index (χ1n) is 6.45. The second kappa shape index (κ2) is 5.86. The molecular weight excluding hydrogens is 184 g/mol. The lowest BCUT2D eigenvalue weighted by Gasteiger charge is -2.30. The fourth-order valence-corrected chi connectivity index (χ4v) is 2.58. The van der Waals surface area contributed by atoms with Crippen LogP contribution in [-0.4, -0.2) is 37.6 Å². The second-order valence-electron chi connectivity index (χ2n) is 5.56. The largest absolute Gasteiger partial charge is 0.319 e. The summed E-state index contributed by atoms with van der Waals surface area (Å²) in [6.45, 7) is 13.2. The maximum Gasteiger partial charge on any atom is 0.0105 e. The fraction of sp³-hybridized carbons (Fsp3) is 1.00. The average molecular weight is 212 g/mol. The van der Waals surface area contributed by atoms with Gasteiger partial charge in [-0.15, -0.1) is 0 Å². The van der Waals surface area contributed by atoms with Gasteiger partial charge in [0.05, 0.1) is 0 Å². The van der Waals surface area contributed by atoms with Crippen molar-refractivity contribution in [2.24, 2.45) is 17.8 Å². The summed E-state index contributed by atoms with van der Waals surface area (Å²) in [6, 6.07) is 0.723. The number of nitrogens with zero attached hydrogens (tertiary/aromatic N) is 1. The zero-order chi connectivity index (χ0) is 11.4. The van der Waals surface area contributed by atoms with Crippen molar-refractivity contribution in [2.45, 2.75) is 40.2 Å². The molecule has 2 nitrogen and oxygen atoms in total. The van der Waals surface area contributed by atoms with Gasteiger partial charge in [-0.1, -0.05) is 20.8 Å². The molecule has 1 heterocycles. The van der Waals surface area contributed by atoms with Crippen molar-refractivity contribution in [1.29, 1.82) is 0 Å². The Labute approximate surface area is 95.4 Å². The maximum atomic E-state index is 3.28. The minimum atomic E-state index is 0.723. The highest BCUT2D eigenvalue weighted by atomic mass is 15.2. The fourth-order valence-electron chi connectivity index (χ4n) is 2.58. The van der Waals surface area contributed by atoms with E-state index in [2.05, 4.69) is 37.9 Å². The lowest BCUT2D eigenvalue weighted by molar-refractivity contribution is 0.185. The Hall–Kier alpha value is -0.0800. The van der Waals surface area contributed by atoms with Crippen LogP contribution in [0.1, 0.15) is 34.1 Å². The minimum Gasteiger partial charge on any atom is -0.319 e. The molecule has 0 bridgehead atoms. The van der Waals surface area contributed by atoms with Gasteiger partial charge in [0, 0.05) is 12.6 Å². The number of rotatable bonds is 5. The van der Waals surface area contributed by atoms with Gasteiger partial charge < -0.3 is 10.2 Å². The zero-order valence-corrected chi connectivity index (χ0v) is 11.1. The monoisotopic (exact) mass is 212 g/mol. The van der Waals surface area contributed by atoms with E-state index in [4.69, 9.17) is 0 Å². The van der Waals surface area contributed by atoms with Crippen LogP contribution in [0.5, 0.6) is 0 Å². The summed E-state index contributed by atoms with van der Waals surface area (Å²) >= 11 is 0. The summed E-state index contributed by atoms with van der Waals surface area (Å²) in [4.78, 5) is 2.67. The third-order valence-electron chi connectivity index (χ3n) is 4.12. The second-order valence-corrected chi connectivity index (χ2v) is 5.56. The van der Waals surface area contributed by atoms with Crippen molar-refractivity contribution < 1.29 is 0 Å². The minimum absolute atomic E-state index is 0.723. The van der Waals surface area contributed by atoms with E-state index in [1.165, 1.54) is 19.5 Å². The number of hydrogen-bond acceptors (Lipinski definition) is 2. The van der Waals surface area contributed by atoms with Gasteiger partial charge in [-0.3, -0.25) is 0 Å². The van der Waals surface area contributed by atoms with E-state index in [0.717, 1.165) is 30.3 Å². The van der Waals surface area contributed by atoms with Crippen LogP contribution in [0.3, 0.4) is 0 Å². The summed E-state index contributed by atoms with van der Waals surface area (Å²) in [5.41, 5.74) is 0. The molecule has 1 aliphatic rings. The van der Waals surface area contributed by atoms with Crippen LogP contribution < -0.4 is 5.32 Å². The van der Waals surface area contributed by atoms with Crippen molar-refractivity contribution in [2.75, 3.05) is 26.7 Å². The van der Waals surface area contributed by atoms with Gasteiger partial charge >= 0.3 is 0 Å². The SMILES string of the molecule is CNCC(C)C(C)N1CCC(C(C)C)C1. The Morgan fingerprint density at radius 2 is 1.93 bits per heavy atom. The van der Waals surface area contributed by atoms with Crippen molar-refractivity contribution in [3.05, 3.63) is 0 Å². The Morgan fingerprint density at radius 1 is 1.27 bits per heavy atom. The molecule has 1 rings (SSSR count). The molecule has 2 heteroatoms. The van der Waals surface area contributed by atoms with Gasteiger partial charge in [0.25, 0.3) is 0 Å². The third-order valence-corrected chi connectivity index (χ3v) is 4.12. The molecule has 1 fully saturated rings. The first-order chi connectivity index (χ1) is 7.06. The normalized spacial score (nSPS) is 27.2. The summed E-state index contributed by atoms with van der Waals surface area (Å²) in [5.74, 6) is 2.52. The predicted molar refractivity (Wildman–Crippen MR) is 67.1 cm³/mol. The Morgan fingerprint density at radius 3 is 2.40 bits per heavy atom. The molecule has 0 spiro atoms. The van der Waals surface area contributed by atoms with Gasteiger partial charge in [-0.25, -0.2) is 0 Å². The summed E-state index contributed by atoms with van der Waals surface area (Å²) < 4.78 is 0. The quantitative estimate of drug-likeness (QED) is 0.751. The topological polar surface area (TPSA) is 15.3 Å². The van der Waals surface area contributed by atoms with Crippen LogP contribution in [-0.2, 0) is 0 Å². The summed E-state index contributed by atoms with van der Waals surface area (Å²) in [6.07, 6.45) is 1.40. The number of hydrogen-bond donors (Lipinski definition) is 1. The van der Waals surface area contributed by atoms with Crippen molar-refractivity contribution in [3.63, 3.8) is 0 Å². The van der Waals surface area contributed by atoms with Crippen LogP contribution in [0, 0.1) is 17.8 Å². The van der Waals surface area contributed by atoms with Gasteiger partial charge in [0.1, 0.15) is 0 Å². The van der Waals surface area contributed by atoms with Gasteiger partial charge in [-0.2, -0.15) is 0 Å². The molecule has 0 aromatic carbocycles. The van der Waals surface area contributed by atoms with E-state index in [0.29, 0.717) is 0 Å². The summed E-state index contributed by atoms with van der Waals surface area (Å²) in [5, 5.41) is 3.28. The maximum absolute atomic E-state index is 3.28. The molecule has 15 heavy (non-hydrogen) atoms. The zero-order valence-electron chi connectivity index (χ0n) is 11.1. The van der Waals surface area contributed by atoms with Crippen LogP contribution in [0.15, 0.2) is 0 Å². The van der Waals surface area contributed by atoms with E-state index in [-0.39, 0.29) is 0 Å². The summed E-state index contributed by atoms with van der Waals surface area (Å²) in [7, 11) is 2.05. The first-order valence-corrected chi connectivity index (χ1v) is 6.45. The van der Waals surface area contributed by atoms with E-state index in [1.807, 2.05) is 7.05 Å². The van der Waals surface area contributed by atoms with Crippen molar-refractivity contribution in [3.8, 4) is 0 Å². The Balaban J connectivity index is 2.39. The van der Waals surface area contributed by atoms with Crippen molar-refractivity contribution >= 4 is 0 Å². The van der Waals surface area contributed by atoms with Crippen LogP contribution >= 0.6 is 0 Å². The third kappa shape index (κ3) is 3.46. The molecule has 1 saturated heterocycles. The van der Waals surface area contributed by atoms with E-state index < -0.39 is 0 Å². The van der Waals surface area contributed by atoms with E-state index >= 15 is 0 Å². The number of likely N-dealkylation sites (tertiary alicyclic amines) is 1. The molecule has 0 aliphatic carbocycles. The standard InChI is InChI=1S/C13H28N2/c1-10(2)13-6-7-15(9-13)12(4)11(3)8-14-5/h10-14H,6-9H2,1-5H3. The molecule has 1 aliphatic heterocycles. The molecule has 90 valence electrons. The van der Waals surface area contributed by atoms with Gasteiger partial charge in [0.15, 0.2) is 0 Å². The highest BCUT2D eigenvalue weighted by Crippen LogP contribution is 2.26. The number of nitrogens with one attached hydrogen (secondary N) is 1. The molecule has 3 unspecified atom stereocenters. The first kappa shape index (κ1) is 13.0. The van der Waals surface area contributed by atoms with Gasteiger partial charge in [-0.05, 0) is 51.2 Å². The van der Waals surface area contributed by atoms with Crippen LogP contribution in [0.2, 0.25) is 0 Å². The smallest absolute Gasteiger partial charge is 0.0105 e. The predicted octanol–water partition coefficient (Wildman–Crippen LogP) is 2.21. The molecular formula is C13H28N2. The molecule has 0 aromatic rings. The van der Waals surface area contributed by atoms with Gasteiger partial charge in [0.2, 0.25) is 0 Å². The van der Waals surface area contributed by atoms with Crippen molar-refractivity contribution in [1.82, 2.24) is 10.2 Å². The molecule has 1 N–H and O–H groups in total. The Kier molecular flexibility index (Phi) is 5.07. The molecule has 0 saturated carbocycles. The van der Waals surface area contributed by atoms with E-state index in [1.54, 1.807) is 0 Å². The molecule has 0 amide bonds.